The molecule has 0 aliphatic heterocycles. The van der Waals surface area contributed by atoms with Crippen molar-refractivity contribution >= 4 is 45.3 Å². The van der Waals surface area contributed by atoms with Crippen LogP contribution in [0.1, 0.15) is 0 Å². The van der Waals surface area contributed by atoms with Gasteiger partial charge in [0, 0.05) is 32.9 Å². The van der Waals surface area contributed by atoms with E-state index in [9.17, 15) is 0 Å². The minimum absolute atomic E-state index is 1.19. The van der Waals surface area contributed by atoms with E-state index in [0.29, 0.717) is 0 Å². The SMILES string of the molecule is CSc1[nH]c2ccccc2c1-c1c(SC)[nH]c2ccccc12. The summed E-state index contributed by atoms with van der Waals surface area (Å²) in [5.41, 5.74) is 5.01. The molecule has 2 heterocycles. The van der Waals surface area contributed by atoms with Crippen molar-refractivity contribution in [2.75, 3.05) is 12.5 Å². The van der Waals surface area contributed by atoms with Gasteiger partial charge in [-0.3, -0.25) is 0 Å². The van der Waals surface area contributed by atoms with E-state index in [0.717, 1.165) is 0 Å². The number of aromatic nitrogens is 2. The number of benzene rings is 2. The third kappa shape index (κ3) is 1.98. The van der Waals surface area contributed by atoms with Gasteiger partial charge in [0.2, 0.25) is 0 Å². The zero-order valence-corrected chi connectivity index (χ0v) is 14.1. The van der Waals surface area contributed by atoms with Crippen LogP contribution in [0.4, 0.5) is 0 Å². The molecular formula is C18H16N2S2. The summed E-state index contributed by atoms with van der Waals surface area (Å²) in [7, 11) is 0. The lowest BCUT2D eigenvalue weighted by atomic mass is 10.0. The van der Waals surface area contributed by atoms with Crippen LogP contribution < -0.4 is 0 Å². The molecule has 4 rings (SSSR count). The molecule has 0 fully saturated rings. The number of H-pyrrole nitrogens is 2. The molecule has 4 aromatic rings. The number of fused-ring (bicyclic) bond motifs is 2. The Labute approximate surface area is 137 Å². The molecule has 0 aliphatic rings. The molecule has 2 aromatic heterocycles. The summed E-state index contributed by atoms with van der Waals surface area (Å²) in [6.45, 7) is 0. The summed E-state index contributed by atoms with van der Waals surface area (Å²) in [6, 6.07) is 17.1. The smallest absolute Gasteiger partial charge is 0.0810 e. The van der Waals surface area contributed by atoms with Crippen molar-refractivity contribution in [2.24, 2.45) is 0 Å². The number of hydrogen-bond donors (Lipinski definition) is 2. The summed E-state index contributed by atoms with van der Waals surface area (Å²) in [4.78, 5) is 7.12. The highest BCUT2D eigenvalue weighted by Gasteiger charge is 2.19. The molecule has 0 amide bonds. The maximum Gasteiger partial charge on any atom is 0.0810 e. The average molecular weight is 324 g/mol. The van der Waals surface area contributed by atoms with Gasteiger partial charge >= 0.3 is 0 Å². The molecule has 0 unspecified atom stereocenters. The largest absolute Gasteiger partial charge is 0.349 e. The van der Waals surface area contributed by atoms with Gasteiger partial charge < -0.3 is 9.97 Å². The molecule has 0 atom stereocenters. The van der Waals surface area contributed by atoms with Crippen LogP contribution in [0.15, 0.2) is 58.6 Å². The van der Waals surface area contributed by atoms with Crippen molar-refractivity contribution < 1.29 is 0 Å². The van der Waals surface area contributed by atoms with Crippen molar-refractivity contribution in [1.82, 2.24) is 9.97 Å². The Morgan fingerprint density at radius 3 is 1.45 bits per heavy atom. The van der Waals surface area contributed by atoms with E-state index >= 15 is 0 Å². The van der Waals surface area contributed by atoms with Crippen molar-refractivity contribution in [2.45, 2.75) is 10.1 Å². The molecule has 0 bridgehead atoms. The zero-order chi connectivity index (χ0) is 15.1. The number of hydrogen-bond acceptors (Lipinski definition) is 2. The van der Waals surface area contributed by atoms with Crippen molar-refractivity contribution in [3.63, 3.8) is 0 Å². The summed E-state index contributed by atoms with van der Waals surface area (Å²) in [5.74, 6) is 0. The summed E-state index contributed by atoms with van der Waals surface area (Å²) < 4.78 is 0. The first-order valence-corrected chi connectivity index (χ1v) is 9.58. The third-order valence-electron chi connectivity index (χ3n) is 4.00. The fraction of sp³-hybridized carbons (Fsp3) is 0.111. The molecule has 110 valence electrons. The summed E-state index contributed by atoms with van der Waals surface area (Å²) in [5, 5.41) is 5.02. The topological polar surface area (TPSA) is 31.6 Å². The van der Waals surface area contributed by atoms with E-state index in [4.69, 9.17) is 0 Å². The fourth-order valence-electron chi connectivity index (χ4n) is 3.04. The van der Waals surface area contributed by atoms with Gasteiger partial charge in [-0.05, 0) is 24.6 Å². The Balaban J connectivity index is 2.15. The molecule has 2 aromatic carbocycles. The predicted octanol–water partition coefficient (Wildman–Crippen LogP) is 5.76. The van der Waals surface area contributed by atoms with Gasteiger partial charge in [-0.15, -0.1) is 23.5 Å². The second kappa shape index (κ2) is 5.45. The van der Waals surface area contributed by atoms with E-state index < -0.39 is 0 Å². The second-order valence-corrected chi connectivity index (χ2v) is 6.79. The monoisotopic (exact) mass is 324 g/mol. The van der Waals surface area contributed by atoms with Crippen LogP contribution in [0.2, 0.25) is 0 Å². The first kappa shape index (κ1) is 13.9. The van der Waals surface area contributed by atoms with Crippen molar-refractivity contribution in [1.29, 1.82) is 0 Å². The Kier molecular flexibility index (Phi) is 3.43. The van der Waals surface area contributed by atoms with Crippen molar-refractivity contribution in [3.05, 3.63) is 48.5 Å². The van der Waals surface area contributed by atoms with Gasteiger partial charge in [-0.25, -0.2) is 0 Å². The van der Waals surface area contributed by atoms with Gasteiger partial charge in [-0.2, -0.15) is 0 Å². The Hall–Kier alpha value is -1.78. The maximum absolute atomic E-state index is 3.56. The van der Waals surface area contributed by atoms with Gasteiger partial charge in [0.05, 0.1) is 10.1 Å². The molecule has 0 aliphatic carbocycles. The van der Waals surface area contributed by atoms with Crippen LogP contribution in [-0.4, -0.2) is 22.5 Å². The van der Waals surface area contributed by atoms with Crippen LogP contribution in [0.5, 0.6) is 0 Å². The molecular weight excluding hydrogens is 308 g/mol. The minimum Gasteiger partial charge on any atom is -0.349 e. The number of aromatic amines is 2. The Morgan fingerprint density at radius 1 is 0.636 bits per heavy atom. The average Bonchev–Trinajstić information content (AvgIpc) is 3.11. The predicted molar refractivity (Wildman–Crippen MR) is 99.2 cm³/mol. The lowest BCUT2D eigenvalue weighted by Crippen LogP contribution is -1.80. The number of rotatable bonds is 3. The van der Waals surface area contributed by atoms with Crippen LogP contribution in [0.3, 0.4) is 0 Å². The highest BCUT2D eigenvalue weighted by atomic mass is 32.2. The van der Waals surface area contributed by atoms with Crippen molar-refractivity contribution in [3.8, 4) is 11.1 Å². The molecule has 2 N–H and O–H groups in total. The lowest BCUT2D eigenvalue weighted by molar-refractivity contribution is 1.21. The molecule has 2 nitrogen and oxygen atoms in total. The van der Waals surface area contributed by atoms with E-state index in [2.05, 4.69) is 71.0 Å². The number of para-hydroxylation sites is 2. The van der Waals surface area contributed by atoms with Crippen LogP contribution in [0, 0.1) is 0 Å². The zero-order valence-electron chi connectivity index (χ0n) is 12.4. The van der Waals surface area contributed by atoms with E-state index in [1.807, 2.05) is 0 Å². The number of nitrogens with one attached hydrogen (secondary N) is 2. The molecule has 22 heavy (non-hydrogen) atoms. The van der Waals surface area contributed by atoms with Gasteiger partial charge in [0.25, 0.3) is 0 Å². The molecule has 0 spiro atoms. The standard InChI is InChI=1S/C18H16N2S2/c1-21-17-15(11-7-3-5-9-13(11)19-17)16-12-8-4-6-10-14(12)20-18(16)22-2/h3-10,19-20H,1-2H3. The Morgan fingerprint density at radius 2 is 1.05 bits per heavy atom. The Bertz CT molecular complexity index is 886. The van der Waals surface area contributed by atoms with Gasteiger partial charge in [0.1, 0.15) is 0 Å². The van der Waals surface area contributed by atoms with Crippen LogP contribution in [0.25, 0.3) is 32.9 Å². The normalized spacial score (nSPS) is 11.5. The third-order valence-corrected chi connectivity index (χ3v) is 5.43. The van der Waals surface area contributed by atoms with Crippen LogP contribution >= 0.6 is 23.5 Å². The summed E-state index contributed by atoms with van der Waals surface area (Å²) >= 11 is 3.54. The van der Waals surface area contributed by atoms with E-state index in [-0.39, 0.29) is 0 Å². The lowest BCUT2D eigenvalue weighted by Gasteiger charge is -2.05. The first-order chi connectivity index (χ1) is 10.8. The summed E-state index contributed by atoms with van der Waals surface area (Å²) in [6.07, 6.45) is 4.25. The van der Waals surface area contributed by atoms with E-state index in [1.165, 1.54) is 43.0 Å². The maximum atomic E-state index is 3.56. The highest BCUT2D eigenvalue weighted by molar-refractivity contribution is 7.99. The molecule has 0 saturated heterocycles. The number of thioether (sulfide) groups is 2. The molecule has 0 saturated carbocycles. The fourth-order valence-corrected chi connectivity index (χ4v) is 4.29. The van der Waals surface area contributed by atoms with Crippen LogP contribution in [-0.2, 0) is 0 Å². The minimum atomic E-state index is 1.19. The van der Waals surface area contributed by atoms with E-state index in [1.54, 1.807) is 23.5 Å². The highest BCUT2D eigenvalue weighted by Crippen LogP contribution is 2.44. The van der Waals surface area contributed by atoms with Gasteiger partial charge in [0.15, 0.2) is 0 Å². The quantitative estimate of drug-likeness (QED) is 0.469. The second-order valence-electron chi connectivity index (χ2n) is 5.16. The van der Waals surface area contributed by atoms with Gasteiger partial charge in [-0.1, -0.05) is 36.4 Å². The molecule has 4 heteroatoms. The molecule has 0 radical (unpaired) electrons. The first-order valence-electron chi connectivity index (χ1n) is 7.13.